The van der Waals surface area contributed by atoms with Crippen LogP contribution in [0.1, 0.15) is 5.89 Å². The molecule has 2 aromatic carbocycles. The van der Waals surface area contributed by atoms with E-state index in [2.05, 4.69) is 4.98 Å². The molecule has 0 aliphatic carbocycles. The lowest BCUT2D eigenvalue weighted by Crippen LogP contribution is -1.98. The number of halogens is 1. The molecule has 5 heteroatoms. The summed E-state index contributed by atoms with van der Waals surface area (Å²) < 4.78 is 11.1. The van der Waals surface area contributed by atoms with Gasteiger partial charge in [0, 0.05) is 0 Å². The Kier molecular flexibility index (Phi) is 3.01. The van der Waals surface area contributed by atoms with Crippen LogP contribution in [0.2, 0.25) is 5.02 Å². The number of nitrogen functional groups attached to an aromatic ring is 1. The molecule has 0 spiro atoms. The van der Waals surface area contributed by atoms with Gasteiger partial charge < -0.3 is 14.9 Å². The SMILES string of the molecule is Nc1ccccc1OCc1nc2cccc(Cl)c2o1. The Labute approximate surface area is 114 Å². The van der Waals surface area contributed by atoms with Gasteiger partial charge in [0.2, 0.25) is 5.89 Å². The zero-order chi connectivity index (χ0) is 13.2. The fraction of sp³-hybridized carbons (Fsp3) is 0.0714. The predicted molar refractivity (Wildman–Crippen MR) is 74.2 cm³/mol. The van der Waals surface area contributed by atoms with Crippen LogP contribution in [0.25, 0.3) is 11.1 Å². The van der Waals surface area contributed by atoms with Crippen molar-refractivity contribution < 1.29 is 9.15 Å². The van der Waals surface area contributed by atoms with Crippen LogP contribution in [-0.4, -0.2) is 4.98 Å². The van der Waals surface area contributed by atoms with Crippen molar-refractivity contribution in [2.75, 3.05) is 5.73 Å². The molecular formula is C14H11ClN2O2. The van der Waals surface area contributed by atoms with Gasteiger partial charge in [-0.15, -0.1) is 0 Å². The highest BCUT2D eigenvalue weighted by molar-refractivity contribution is 6.34. The Hall–Kier alpha value is -2.20. The first-order chi connectivity index (χ1) is 9.24. The van der Waals surface area contributed by atoms with E-state index in [1.165, 1.54) is 0 Å². The van der Waals surface area contributed by atoms with Crippen molar-refractivity contribution in [2.24, 2.45) is 0 Å². The number of aromatic nitrogens is 1. The van der Waals surface area contributed by atoms with E-state index in [4.69, 9.17) is 26.5 Å². The third-order valence-electron chi connectivity index (χ3n) is 2.68. The van der Waals surface area contributed by atoms with E-state index >= 15 is 0 Å². The number of ether oxygens (including phenoxy) is 1. The highest BCUT2D eigenvalue weighted by Crippen LogP contribution is 2.25. The average Bonchev–Trinajstić information content (AvgIpc) is 2.82. The van der Waals surface area contributed by atoms with Crippen LogP contribution in [0, 0.1) is 0 Å². The molecule has 0 unspecified atom stereocenters. The van der Waals surface area contributed by atoms with E-state index in [9.17, 15) is 0 Å². The quantitative estimate of drug-likeness (QED) is 0.741. The summed E-state index contributed by atoms with van der Waals surface area (Å²) in [5.41, 5.74) is 7.65. The third-order valence-corrected chi connectivity index (χ3v) is 2.98. The van der Waals surface area contributed by atoms with Gasteiger partial charge in [-0.05, 0) is 24.3 Å². The largest absolute Gasteiger partial charge is 0.482 e. The zero-order valence-corrected chi connectivity index (χ0v) is 10.7. The summed E-state index contributed by atoms with van der Waals surface area (Å²) >= 11 is 6.02. The first kappa shape index (κ1) is 11.9. The summed E-state index contributed by atoms with van der Waals surface area (Å²) in [5.74, 6) is 1.07. The molecule has 0 radical (unpaired) electrons. The Bertz CT molecular complexity index is 724. The lowest BCUT2D eigenvalue weighted by Gasteiger charge is -2.05. The molecule has 0 atom stereocenters. The van der Waals surface area contributed by atoms with E-state index < -0.39 is 0 Å². The molecule has 0 aliphatic heterocycles. The number of hydrogen-bond acceptors (Lipinski definition) is 4. The Morgan fingerprint density at radius 3 is 2.79 bits per heavy atom. The number of hydrogen-bond donors (Lipinski definition) is 1. The molecule has 0 fully saturated rings. The normalized spacial score (nSPS) is 10.8. The number of nitrogens with two attached hydrogens (primary N) is 1. The van der Waals surface area contributed by atoms with Crippen LogP contribution < -0.4 is 10.5 Å². The summed E-state index contributed by atoms with van der Waals surface area (Å²) in [6.45, 7) is 0.208. The summed E-state index contributed by atoms with van der Waals surface area (Å²) in [6, 6.07) is 12.7. The van der Waals surface area contributed by atoms with Gasteiger partial charge in [0.25, 0.3) is 0 Å². The van der Waals surface area contributed by atoms with E-state index in [0.717, 1.165) is 0 Å². The minimum atomic E-state index is 0.208. The van der Waals surface area contributed by atoms with Crippen molar-refractivity contribution in [3.63, 3.8) is 0 Å². The maximum Gasteiger partial charge on any atom is 0.233 e. The molecule has 2 N–H and O–H groups in total. The third kappa shape index (κ3) is 2.35. The van der Waals surface area contributed by atoms with E-state index in [1.807, 2.05) is 24.3 Å². The molecule has 3 rings (SSSR count). The van der Waals surface area contributed by atoms with Crippen molar-refractivity contribution in [3.05, 3.63) is 53.4 Å². The standard InChI is InChI=1S/C14H11ClN2O2/c15-9-4-3-6-11-14(9)19-13(17-11)8-18-12-7-2-1-5-10(12)16/h1-7H,8,16H2. The average molecular weight is 275 g/mol. The van der Waals surface area contributed by atoms with E-state index in [-0.39, 0.29) is 6.61 Å². The number of anilines is 1. The van der Waals surface area contributed by atoms with Crippen molar-refractivity contribution in [2.45, 2.75) is 6.61 Å². The Morgan fingerprint density at radius 1 is 1.16 bits per heavy atom. The maximum absolute atomic E-state index is 6.02. The van der Waals surface area contributed by atoms with Gasteiger partial charge in [-0.25, -0.2) is 4.98 Å². The van der Waals surface area contributed by atoms with Gasteiger partial charge in [-0.1, -0.05) is 29.8 Å². The lowest BCUT2D eigenvalue weighted by atomic mass is 10.3. The number of benzene rings is 2. The number of nitrogens with zero attached hydrogens (tertiary/aromatic N) is 1. The predicted octanol–water partition coefficient (Wildman–Crippen LogP) is 3.64. The van der Waals surface area contributed by atoms with Crippen LogP contribution in [0.15, 0.2) is 46.9 Å². The number of rotatable bonds is 3. The molecule has 0 aliphatic rings. The van der Waals surface area contributed by atoms with Crippen LogP contribution in [0.3, 0.4) is 0 Å². The number of oxazole rings is 1. The summed E-state index contributed by atoms with van der Waals surface area (Å²) in [4.78, 5) is 4.30. The number of para-hydroxylation sites is 3. The molecule has 0 saturated carbocycles. The minimum absolute atomic E-state index is 0.208. The lowest BCUT2D eigenvalue weighted by molar-refractivity contribution is 0.268. The van der Waals surface area contributed by atoms with Crippen LogP contribution in [0.5, 0.6) is 5.75 Å². The molecule has 1 heterocycles. The van der Waals surface area contributed by atoms with Crippen LogP contribution >= 0.6 is 11.6 Å². The molecule has 0 amide bonds. The minimum Gasteiger partial charge on any atom is -0.482 e. The Morgan fingerprint density at radius 2 is 2.00 bits per heavy atom. The molecule has 3 aromatic rings. The summed E-state index contributed by atoms with van der Waals surface area (Å²) in [7, 11) is 0. The van der Waals surface area contributed by atoms with E-state index in [1.54, 1.807) is 18.2 Å². The van der Waals surface area contributed by atoms with Crippen molar-refractivity contribution in [1.29, 1.82) is 0 Å². The highest BCUT2D eigenvalue weighted by atomic mass is 35.5. The molecule has 19 heavy (non-hydrogen) atoms. The summed E-state index contributed by atoms with van der Waals surface area (Å²) in [6.07, 6.45) is 0. The smallest absolute Gasteiger partial charge is 0.233 e. The molecule has 0 bridgehead atoms. The second kappa shape index (κ2) is 4.82. The monoisotopic (exact) mass is 274 g/mol. The van der Waals surface area contributed by atoms with Gasteiger partial charge in [-0.3, -0.25) is 0 Å². The van der Waals surface area contributed by atoms with Gasteiger partial charge in [0.15, 0.2) is 12.2 Å². The van der Waals surface area contributed by atoms with Crippen LogP contribution in [-0.2, 0) is 6.61 Å². The van der Waals surface area contributed by atoms with Crippen LogP contribution in [0.4, 0.5) is 5.69 Å². The van der Waals surface area contributed by atoms with Gasteiger partial charge in [0.1, 0.15) is 11.3 Å². The molecule has 4 nitrogen and oxygen atoms in total. The summed E-state index contributed by atoms with van der Waals surface area (Å²) in [5, 5.41) is 0.537. The van der Waals surface area contributed by atoms with E-state index in [0.29, 0.717) is 33.4 Å². The topological polar surface area (TPSA) is 61.3 Å². The fourth-order valence-electron chi connectivity index (χ4n) is 1.77. The van der Waals surface area contributed by atoms with Crippen molar-refractivity contribution >= 4 is 28.4 Å². The molecule has 96 valence electrons. The van der Waals surface area contributed by atoms with Gasteiger partial charge in [-0.2, -0.15) is 0 Å². The molecular weight excluding hydrogens is 264 g/mol. The first-order valence-electron chi connectivity index (χ1n) is 5.75. The van der Waals surface area contributed by atoms with Gasteiger partial charge in [0.05, 0.1) is 10.7 Å². The first-order valence-corrected chi connectivity index (χ1v) is 6.13. The van der Waals surface area contributed by atoms with Crippen molar-refractivity contribution in [3.8, 4) is 5.75 Å². The highest BCUT2D eigenvalue weighted by Gasteiger charge is 2.09. The molecule has 1 aromatic heterocycles. The van der Waals surface area contributed by atoms with Gasteiger partial charge >= 0.3 is 0 Å². The van der Waals surface area contributed by atoms with Crippen molar-refractivity contribution in [1.82, 2.24) is 4.98 Å². The second-order valence-electron chi connectivity index (χ2n) is 4.02. The molecule has 0 saturated heterocycles. The Balaban J connectivity index is 1.83. The maximum atomic E-state index is 6.02. The number of fused-ring (bicyclic) bond motifs is 1. The fourth-order valence-corrected chi connectivity index (χ4v) is 1.98. The zero-order valence-electron chi connectivity index (χ0n) is 9.97. The second-order valence-corrected chi connectivity index (χ2v) is 4.43.